The number of thiophene rings is 1. The van der Waals surface area contributed by atoms with E-state index in [0.717, 1.165) is 20.1 Å². The number of carbonyl (C=O) groups is 3. The van der Waals surface area contributed by atoms with Gasteiger partial charge in [0.2, 0.25) is 0 Å². The zero-order valence-corrected chi connectivity index (χ0v) is 24.6. The molecule has 0 aliphatic heterocycles. The highest BCUT2D eigenvalue weighted by Gasteiger charge is 2.20. The van der Waals surface area contributed by atoms with E-state index >= 15 is 0 Å². The molecule has 0 fully saturated rings. The Bertz CT molecular complexity index is 1820. The molecule has 0 aliphatic carbocycles. The molecule has 2 amide bonds. The molecular weight excluding hydrogens is 626 g/mol. The van der Waals surface area contributed by atoms with Gasteiger partial charge in [0, 0.05) is 36.9 Å². The van der Waals surface area contributed by atoms with Gasteiger partial charge in [0.15, 0.2) is 0 Å². The Morgan fingerprint density at radius 2 is 1.68 bits per heavy atom. The molecule has 0 spiro atoms. The lowest BCUT2D eigenvalue weighted by Gasteiger charge is -2.08. The molecule has 7 nitrogen and oxygen atoms in total. The number of rotatable bonds is 7. The lowest BCUT2D eigenvalue weighted by Crippen LogP contribution is -2.18. The molecule has 0 bridgehead atoms. The number of hydrogen-bond donors (Lipinski definition) is 2. The Kier molecular flexibility index (Phi) is 8.58. The highest BCUT2D eigenvalue weighted by molar-refractivity contribution is 9.10. The number of amides is 2. The van der Waals surface area contributed by atoms with Crippen molar-refractivity contribution < 1.29 is 19.1 Å². The molecular formula is C31H21BrClN3O4S. The monoisotopic (exact) mass is 645 g/mol. The van der Waals surface area contributed by atoms with Crippen molar-refractivity contribution in [3.8, 4) is 5.75 Å². The van der Waals surface area contributed by atoms with Gasteiger partial charge >= 0.3 is 5.97 Å². The normalized spacial score (nSPS) is 11.0. The van der Waals surface area contributed by atoms with Crippen LogP contribution in [0.1, 0.15) is 41.5 Å². The maximum absolute atomic E-state index is 13.0. The molecule has 0 saturated heterocycles. The number of nitrogens with zero attached hydrogens (tertiary/aromatic N) is 1. The van der Waals surface area contributed by atoms with Crippen molar-refractivity contribution in [2.45, 2.75) is 6.92 Å². The number of fused-ring (bicyclic) bond motifs is 1. The molecule has 4 aromatic carbocycles. The van der Waals surface area contributed by atoms with Crippen molar-refractivity contribution in [3.63, 3.8) is 0 Å². The van der Waals surface area contributed by atoms with Gasteiger partial charge in [-0.15, -0.1) is 11.3 Å². The molecule has 2 N–H and O–H groups in total. The number of ether oxygens (including phenoxy) is 1. The fraction of sp³-hybridized carbons (Fsp3) is 0.0323. The van der Waals surface area contributed by atoms with E-state index in [1.807, 2.05) is 43.3 Å². The fourth-order valence-electron chi connectivity index (χ4n) is 3.92. The average Bonchev–Trinajstić information content (AvgIpc) is 3.31. The van der Waals surface area contributed by atoms with Gasteiger partial charge in [-0.05, 0) is 67.6 Å². The van der Waals surface area contributed by atoms with E-state index in [-0.39, 0.29) is 11.7 Å². The van der Waals surface area contributed by atoms with E-state index in [9.17, 15) is 14.4 Å². The zero-order valence-electron chi connectivity index (χ0n) is 21.5. The van der Waals surface area contributed by atoms with Crippen LogP contribution in [-0.4, -0.2) is 24.0 Å². The molecule has 0 atom stereocenters. The van der Waals surface area contributed by atoms with Crippen molar-refractivity contribution in [1.29, 1.82) is 0 Å². The second-order valence-electron chi connectivity index (χ2n) is 8.91. The van der Waals surface area contributed by atoms with Gasteiger partial charge in [0.25, 0.3) is 11.8 Å². The number of anilines is 1. The predicted molar refractivity (Wildman–Crippen MR) is 167 cm³/mol. The summed E-state index contributed by atoms with van der Waals surface area (Å²) in [6.07, 6.45) is 1.38. The molecule has 0 radical (unpaired) electrons. The van der Waals surface area contributed by atoms with Crippen LogP contribution in [0.4, 0.5) is 5.69 Å². The lowest BCUT2D eigenvalue weighted by atomic mass is 10.1. The number of halogens is 2. The number of esters is 1. The van der Waals surface area contributed by atoms with Gasteiger partial charge in [-0.3, -0.25) is 9.59 Å². The van der Waals surface area contributed by atoms with Crippen molar-refractivity contribution in [2.24, 2.45) is 5.10 Å². The van der Waals surface area contributed by atoms with Crippen LogP contribution in [0.25, 0.3) is 10.1 Å². The van der Waals surface area contributed by atoms with E-state index < -0.39 is 11.9 Å². The Balaban J connectivity index is 1.24. The molecule has 0 saturated carbocycles. The van der Waals surface area contributed by atoms with Crippen LogP contribution in [0.5, 0.6) is 5.75 Å². The van der Waals surface area contributed by atoms with Crippen LogP contribution in [0.15, 0.2) is 101 Å². The van der Waals surface area contributed by atoms with Crippen molar-refractivity contribution in [2.75, 3.05) is 5.32 Å². The summed E-state index contributed by atoms with van der Waals surface area (Å²) in [6, 6.07) is 26.2. The predicted octanol–water partition coefficient (Wildman–Crippen LogP) is 7.86. The summed E-state index contributed by atoms with van der Waals surface area (Å²) >= 11 is 11.1. The number of hydrazone groups is 1. The standard InChI is InChI=1S/C31H21BrClN3O4S/c1-18-5-4-6-20(15-18)29(37)35-23-12-9-19(10-13-23)30(38)36-34-17-21-16-22(32)11-14-25(21)40-31(39)28-27(33)24-7-2-3-8-26(24)41-28/h2-17H,1H3,(H,35,37)(H,36,38)/b34-17-. The van der Waals surface area contributed by atoms with E-state index in [1.165, 1.54) is 17.6 Å². The molecule has 5 rings (SSSR count). The first-order chi connectivity index (χ1) is 19.8. The quantitative estimate of drug-likeness (QED) is 0.0814. The second-order valence-corrected chi connectivity index (χ2v) is 11.3. The molecule has 0 aliphatic rings. The summed E-state index contributed by atoms with van der Waals surface area (Å²) in [5.41, 5.74) is 5.35. The first-order valence-electron chi connectivity index (χ1n) is 12.3. The first kappa shape index (κ1) is 28.2. The summed E-state index contributed by atoms with van der Waals surface area (Å²) in [7, 11) is 0. The SMILES string of the molecule is Cc1cccc(C(=O)Nc2ccc(C(=O)N/N=C\c3cc(Br)ccc3OC(=O)c3sc4ccccc4c3Cl)cc2)c1. The summed E-state index contributed by atoms with van der Waals surface area (Å²) < 4.78 is 7.26. The third kappa shape index (κ3) is 6.71. The highest BCUT2D eigenvalue weighted by atomic mass is 79.9. The van der Waals surface area contributed by atoms with Crippen LogP contribution in [0, 0.1) is 6.92 Å². The van der Waals surface area contributed by atoms with Crippen molar-refractivity contribution in [1.82, 2.24) is 5.43 Å². The molecule has 0 unspecified atom stereocenters. The summed E-state index contributed by atoms with van der Waals surface area (Å²) in [5.74, 6) is -1.04. The Morgan fingerprint density at radius 1 is 0.902 bits per heavy atom. The van der Waals surface area contributed by atoms with Crippen LogP contribution in [-0.2, 0) is 0 Å². The largest absolute Gasteiger partial charge is 0.422 e. The maximum Gasteiger partial charge on any atom is 0.355 e. The van der Waals surface area contributed by atoms with Crippen molar-refractivity contribution >= 4 is 78.6 Å². The van der Waals surface area contributed by atoms with Gasteiger partial charge in [-0.1, -0.05) is 63.4 Å². The Labute approximate surface area is 252 Å². The van der Waals surface area contributed by atoms with E-state index in [2.05, 4.69) is 31.8 Å². The average molecular weight is 647 g/mol. The fourth-order valence-corrected chi connectivity index (χ4v) is 5.69. The topological polar surface area (TPSA) is 96.9 Å². The number of benzene rings is 4. The Morgan fingerprint density at radius 3 is 2.44 bits per heavy atom. The molecule has 10 heteroatoms. The first-order valence-corrected chi connectivity index (χ1v) is 14.3. The van der Waals surface area contributed by atoms with Crippen LogP contribution in [0.2, 0.25) is 5.02 Å². The molecule has 1 aromatic heterocycles. The summed E-state index contributed by atoms with van der Waals surface area (Å²) in [4.78, 5) is 38.4. The minimum Gasteiger partial charge on any atom is -0.422 e. The number of nitrogens with one attached hydrogen (secondary N) is 2. The van der Waals surface area contributed by atoms with Gasteiger partial charge in [-0.25, -0.2) is 10.2 Å². The summed E-state index contributed by atoms with van der Waals surface area (Å²) in [6.45, 7) is 1.92. The Hall–Kier alpha value is -4.31. The van der Waals surface area contributed by atoms with Crippen molar-refractivity contribution in [3.05, 3.63) is 128 Å². The van der Waals surface area contributed by atoms with Gasteiger partial charge in [0.05, 0.1) is 11.2 Å². The van der Waals surface area contributed by atoms with Crippen LogP contribution >= 0.6 is 38.9 Å². The van der Waals surface area contributed by atoms with E-state index in [1.54, 1.807) is 54.6 Å². The lowest BCUT2D eigenvalue weighted by molar-refractivity contribution is 0.0739. The van der Waals surface area contributed by atoms with Gasteiger partial charge < -0.3 is 10.1 Å². The highest BCUT2D eigenvalue weighted by Crippen LogP contribution is 2.36. The number of hydrogen-bond acceptors (Lipinski definition) is 6. The van der Waals surface area contributed by atoms with Crippen LogP contribution < -0.4 is 15.5 Å². The number of aryl methyl sites for hydroxylation is 1. The molecule has 204 valence electrons. The maximum atomic E-state index is 13.0. The number of carbonyl (C=O) groups excluding carboxylic acids is 3. The second kappa shape index (κ2) is 12.5. The van der Waals surface area contributed by atoms with E-state index in [0.29, 0.717) is 32.3 Å². The minimum absolute atomic E-state index is 0.240. The minimum atomic E-state index is -0.591. The third-order valence-electron chi connectivity index (χ3n) is 5.95. The molecule has 5 aromatic rings. The molecule has 1 heterocycles. The summed E-state index contributed by atoms with van der Waals surface area (Å²) in [5, 5.41) is 7.98. The molecule has 41 heavy (non-hydrogen) atoms. The third-order valence-corrected chi connectivity index (χ3v) is 8.10. The van der Waals surface area contributed by atoms with Crippen LogP contribution in [0.3, 0.4) is 0 Å². The zero-order chi connectivity index (χ0) is 28.9. The smallest absolute Gasteiger partial charge is 0.355 e. The van der Waals surface area contributed by atoms with E-state index in [4.69, 9.17) is 16.3 Å². The van der Waals surface area contributed by atoms with Gasteiger partial charge in [-0.2, -0.15) is 5.10 Å². The van der Waals surface area contributed by atoms with Gasteiger partial charge in [0.1, 0.15) is 10.6 Å².